The Labute approximate surface area is 825 Å². The number of amides is 3. The van der Waals surface area contributed by atoms with Crippen LogP contribution >= 0.6 is 12.4 Å². The van der Waals surface area contributed by atoms with Crippen LogP contribution in [0.1, 0.15) is 104 Å². The Bertz CT molecular complexity index is 6240. The number of hydrogen-bond acceptors (Lipinski definition) is 29. The molecule has 9 N–H and O–H groups in total. The number of aromatic nitrogens is 8. The first-order valence-corrected chi connectivity index (χ1v) is 47.1. The lowest BCUT2D eigenvalue weighted by molar-refractivity contribution is -0.191. The number of nitrogens with one attached hydrogen (secondary N) is 6. The zero-order valence-corrected chi connectivity index (χ0v) is 82.5. The number of methoxy groups -OCH3 is 3. The summed E-state index contributed by atoms with van der Waals surface area (Å²) in [7, 11) is 3.37. The Hall–Kier alpha value is -13.9. The van der Waals surface area contributed by atoms with Crippen LogP contribution in [0.3, 0.4) is 0 Å². The number of benzene rings is 6. The number of halogens is 3. The van der Waals surface area contributed by atoms with Gasteiger partial charge in [-0.25, -0.2) is 38.7 Å². The summed E-state index contributed by atoms with van der Waals surface area (Å²) in [6.07, 6.45) is 24.8. The van der Waals surface area contributed by atoms with Crippen LogP contribution in [-0.4, -0.2) is 272 Å². The monoisotopic (exact) mass is 1980 g/mol. The molecular formula is C102H122ClF2N17O18S. The molecule has 6 aromatic carbocycles. The third-order valence-corrected chi connectivity index (χ3v) is 22.2. The lowest BCUT2D eigenvalue weighted by Gasteiger charge is -2.32. The zero-order chi connectivity index (χ0) is 101. The van der Waals surface area contributed by atoms with E-state index in [9.17, 15) is 36.4 Å². The van der Waals surface area contributed by atoms with Crippen molar-refractivity contribution in [3.05, 3.63) is 250 Å². The van der Waals surface area contributed by atoms with Crippen molar-refractivity contribution < 1.29 is 93.9 Å². The number of anilines is 5. The third kappa shape index (κ3) is 36.4. The molecule has 141 heavy (non-hydrogen) atoms. The van der Waals surface area contributed by atoms with Gasteiger partial charge in [0.15, 0.2) is 23.0 Å². The number of allylic oxidation sites excluding steroid dienone is 3. The fraction of sp³-hybridized carbons (Fsp3) is 0.353. The van der Waals surface area contributed by atoms with Crippen molar-refractivity contribution in [3.8, 4) is 46.6 Å². The first-order valence-electron chi connectivity index (χ1n) is 45.3. The summed E-state index contributed by atoms with van der Waals surface area (Å²) in [5, 5.41) is 32.6. The molecule has 11 aromatic rings. The summed E-state index contributed by atoms with van der Waals surface area (Å²) < 4.78 is 91.9. The van der Waals surface area contributed by atoms with Crippen LogP contribution in [0.4, 0.5) is 37.5 Å². The molecule has 2 fully saturated rings. The summed E-state index contributed by atoms with van der Waals surface area (Å²) >= 11 is 0. The smallest absolute Gasteiger partial charge is 0.373 e. The van der Waals surface area contributed by atoms with Gasteiger partial charge in [0.1, 0.15) is 55.0 Å². The minimum Gasteiger partial charge on any atom is -0.493 e. The van der Waals surface area contributed by atoms with Crippen molar-refractivity contribution >= 4 is 115 Å². The topological polar surface area (TPSA) is 441 Å². The SMILES string of the molecule is C#CC1C=C(Nc2ncnc3cc(OCCOC)c(OCCOC)cc23)C=CC1.CCN(CC)CCNC(=O)c1c(C)[nH]c(/C=C2\C(=O)Nc3ccc(F)cc32)c1C.COc1cc2ncnc(Nc3ccc(F)c(C)c3)c2cc1OCCCN1CCOCC1.CS(=O)(=O)O.Cc1ccc(NC(=O)c2ccc(CN3CCN(C)CC3)cc2)cc1Cc1nccc(-c2cccnc2)n1.Cl.O=C(O)CCO.O=C=O. The van der Waals surface area contributed by atoms with E-state index >= 15 is 0 Å². The molecule has 5 aromatic heterocycles. The van der Waals surface area contributed by atoms with Gasteiger partial charge in [-0.1, -0.05) is 44.0 Å². The van der Waals surface area contributed by atoms with Crippen LogP contribution < -0.4 is 45.5 Å². The van der Waals surface area contributed by atoms with E-state index in [-0.39, 0.29) is 61.0 Å². The van der Waals surface area contributed by atoms with Crippen molar-refractivity contribution in [2.24, 2.45) is 5.92 Å². The number of piperazine rings is 1. The largest absolute Gasteiger partial charge is 0.493 e. The number of aryl methyl sites for hydroxylation is 3. The highest BCUT2D eigenvalue weighted by Gasteiger charge is 2.28. The summed E-state index contributed by atoms with van der Waals surface area (Å²) in [5.41, 5.74) is 14.5. The van der Waals surface area contributed by atoms with E-state index in [0.717, 1.165) is 176 Å². The van der Waals surface area contributed by atoms with Gasteiger partial charge in [-0.15, -0.1) is 18.8 Å². The fourth-order valence-corrected chi connectivity index (χ4v) is 14.7. The van der Waals surface area contributed by atoms with Gasteiger partial charge in [0.25, 0.3) is 27.8 Å². The van der Waals surface area contributed by atoms with Crippen LogP contribution in [-0.2, 0) is 56.5 Å². The second-order valence-electron chi connectivity index (χ2n) is 32.3. The summed E-state index contributed by atoms with van der Waals surface area (Å²) in [6, 6.07) is 36.2. The number of carbonyl (C=O) groups excluding carboxylic acids is 5. The highest BCUT2D eigenvalue weighted by atomic mass is 35.5. The Morgan fingerprint density at radius 1 is 0.730 bits per heavy atom. The van der Waals surface area contributed by atoms with Gasteiger partial charge in [-0.05, 0) is 198 Å². The zero-order valence-electron chi connectivity index (χ0n) is 80.8. The fourth-order valence-electron chi connectivity index (χ4n) is 14.7. The Balaban J connectivity index is 0.000000220. The van der Waals surface area contributed by atoms with Crippen LogP contribution in [0.2, 0.25) is 0 Å². The molecule has 4 aliphatic rings. The van der Waals surface area contributed by atoms with E-state index in [4.69, 9.17) is 68.9 Å². The van der Waals surface area contributed by atoms with E-state index in [1.807, 2.05) is 98.8 Å². The third-order valence-electron chi connectivity index (χ3n) is 22.2. The van der Waals surface area contributed by atoms with Gasteiger partial charge in [-0.3, -0.25) is 38.5 Å². The number of aromatic amines is 1. The molecule has 2 saturated heterocycles. The first kappa shape index (κ1) is 112. The summed E-state index contributed by atoms with van der Waals surface area (Å²) in [6.45, 7) is 26.7. The predicted octanol–water partition coefficient (Wildman–Crippen LogP) is 13.7. The normalized spacial score (nSPS) is 14.0. The van der Waals surface area contributed by atoms with Crippen molar-refractivity contribution in [2.45, 2.75) is 73.8 Å². The van der Waals surface area contributed by atoms with E-state index in [0.29, 0.717) is 126 Å². The molecule has 1 unspecified atom stereocenters. The number of H-pyrrole nitrogens is 1. The van der Waals surface area contributed by atoms with Crippen LogP contribution in [0.15, 0.2) is 176 Å². The number of carboxylic acid groups (broad SMARTS) is 1. The number of likely N-dealkylation sites (N-methyl/N-ethyl adjacent to an activating group) is 2. The Morgan fingerprint density at radius 3 is 1.98 bits per heavy atom. The molecule has 35 nitrogen and oxygen atoms in total. The van der Waals surface area contributed by atoms with E-state index < -0.39 is 21.9 Å². The highest BCUT2D eigenvalue weighted by Crippen LogP contribution is 2.39. The molecule has 3 amide bonds. The number of aliphatic carboxylic acids is 1. The first-order chi connectivity index (χ1) is 67.4. The van der Waals surface area contributed by atoms with Crippen molar-refractivity contribution in [2.75, 3.05) is 181 Å². The molecule has 1 atom stereocenters. The number of rotatable bonds is 34. The summed E-state index contributed by atoms with van der Waals surface area (Å²) in [4.78, 5) is 107. The summed E-state index contributed by atoms with van der Waals surface area (Å²) in [5.74, 6) is 5.17. The average Bonchev–Trinajstić information content (AvgIpc) is 1.77. The van der Waals surface area contributed by atoms with Gasteiger partial charge in [0, 0.05) is 184 Å². The van der Waals surface area contributed by atoms with Gasteiger partial charge < -0.3 is 84.7 Å². The number of carboxylic acids is 1. The van der Waals surface area contributed by atoms with E-state index in [2.05, 4.69) is 133 Å². The van der Waals surface area contributed by atoms with E-state index in [1.54, 1.807) is 71.1 Å². The molecule has 0 spiro atoms. The number of pyridine rings is 1. The lowest BCUT2D eigenvalue weighted by atomic mass is 10.0. The molecule has 0 saturated carbocycles. The number of fused-ring (bicyclic) bond motifs is 3. The van der Waals surface area contributed by atoms with Gasteiger partial charge in [0.2, 0.25) is 0 Å². The van der Waals surface area contributed by atoms with Crippen molar-refractivity contribution in [1.29, 1.82) is 0 Å². The maximum Gasteiger partial charge on any atom is 0.373 e. The number of aliphatic hydroxyl groups excluding tert-OH is 1. The van der Waals surface area contributed by atoms with E-state index in [1.165, 1.54) is 36.4 Å². The standard InChI is InChI=1S/C30H32N6O.C23H27FN4O3.C22H27FN4O2.C22H25N3O4.C3H6O3.CH4O3S.CO2.ClH/c1-22-5-10-27(18-26(22)19-29-32-13-11-28(34-29)25-4-3-12-31-20-25)33-30(37)24-8-6-23(7-9-24)21-36-16-14-35(2)15-17-36;1-16-12-17(4-5-19(16)24)27-23-18-13-22(21(29-2)14-20(18)25-15-26-23)31-9-3-6-28-7-10-30-11-8-28;1-5-27(6-2)10-9-24-22(29)20-13(3)19(25-14(20)4)12-17-16-11-15(23)7-8-18(16)26-21(17)28;1-4-16-6-5-7-17(12-16)25-22-18-13-20(28-10-8-26-2)21(29-11-9-27-3)14-19(18)23-15-24-22;4-2-1-3(5)6;1-5(2,3)4;2-1-3;/h3-13,18,20H,14-17,19,21H2,1-2H3,(H,33,37);4-5,12-15H,3,6-11H2,1-2H3,(H,25,26,27);7-8,11-12,25H,5-6,9-10H2,1-4H3,(H,24,29)(H,26,28);1,5,7,12-16H,6,8-11H2,2-3H3,(H,23,24,25);4H,1-2H2,(H,5,6);1H3,(H,2,3,4);;1H/b;;17-12-;;;;;. The number of terminal acetylenes is 1. The minimum absolute atomic E-state index is 0. The van der Waals surface area contributed by atoms with Gasteiger partial charge in [0.05, 0.1) is 87.3 Å². The van der Waals surface area contributed by atoms with Gasteiger partial charge in [-0.2, -0.15) is 18.0 Å². The number of aliphatic hydroxyl groups is 1. The Morgan fingerprint density at radius 2 is 1.37 bits per heavy atom. The predicted molar refractivity (Wildman–Crippen MR) is 539 cm³/mol. The number of morpholine rings is 1. The molecule has 8 heterocycles. The van der Waals surface area contributed by atoms with Crippen LogP contribution in [0.5, 0.6) is 23.0 Å². The quantitative estimate of drug-likeness (QED) is 0.00783. The van der Waals surface area contributed by atoms with Gasteiger partial charge >= 0.3 is 12.1 Å². The molecule has 0 bridgehead atoms. The second-order valence-corrected chi connectivity index (χ2v) is 33.8. The van der Waals surface area contributed by atoms with Crippen molar-refractivity contribution in [3.63, 3.8) is 0 Å². The molecule has 15 rings (SSSR count). The second kappa shape index (κ2) is 58.2. The maximum atomic E-state index is 13.7. The Kier molecular flexibility index (Phi) is 46.4. The number of carbonyl (C=O) groups is 4. The molecule has 750 valence electrons. The minimum atomic E-state index is -3.67. The molecule has 39 heteroatoms. The molecule has 3 aliphatic heterocycles. The average molecular weight is 1980 g/mol. The molecule has 1 aliphatic carbocycles. The van der Waals surface area contributed by atoms with Crippen LogP contribution in [0.25, 0.3) is 44.7 Å². The van der Waals surface area contributed by atoms with Crippen molar-refractivity contribution in [1.82, 2.24) is 64.8 Å². The lowest BCUT2D eigenvalue weighted by Crippen LogP contribution is -2.43. The van der Waals surface area contributed by atoms with Crippen LogP contribution in [0, 0.1) is 57.6 Å². The number of nitrogens with zero attached hydrogens (tertiary/aromatic N) is 11. The maximum absolute atomic E-state index is 13.7. The molecule has 0 radical (unpaired) electrons. The number of ether oxygens (including phenoxy) is 7. The highest BCUT2D eigenvalue weighted by molar-refractivity contribution is 7.85. The number of hydrogen-bond donors (Lipinski definition) is 9. The molecular weight excluding hydrogens is 1860 g/mol.